The average Bonchev–Trinajstić information content (AvgIpc) is 2.58. The summed E-state index contributed by atoms with van der Waals surface area (Å²) in [7, 11) is 0. The number of para-hydroxylation sites is 1. The first-order valence-electron chi connectivity index (χ1n) is 7.92. The molecule has 126 valence electrons. The zero-order chi connectivity index (χ0) is 17.5. The number of aryl methyl sites for hydroxylation is 1. The molecule has 2 aromatic rings. The van der Waals surface area contributed by atoms with Crippen LogP contribution in [-0.4, -0.2) is 17.9 Å². The van der Waals surface area contributed by atoms with Crippen molar-refractivity contribution in [1.82, 2.24) is 0 Å². The molecule has 2 aromatic carbocycles. The molecule has 2 amide bonds. The second-order valence-electron chi connectivity index (χ2n) is 5.49. The molecule has 0 aliphatic rings. The Hall–Kier alpha value is -2.82. The van der Waals surface area contributed by atoms with Gasteiger partial charge in [-0.25, -0.2) is 0 Å². The van der Waals surface area contributed by atoms with Crippen LogP contribution in [0.4, 0.5) is 11.4 Å². The van der Waals surface area contributed by atoms with Crippen LogP contribution in [0.25, 0.3) is 0 Å². The van der Waals surface area contributed by atoms with E-state index in [9.17, 15) is 9.59 Å². The number of hydrogen-bond donors (Lipinski definition) is 2. The topological polar surface area (TPSA) is 67.4 Å². The van der Waals surface area contributed by atoms with E-state index in [2.05, 4.69) is 10.6 Å². The number of anilines is 2. The third-order valence-corrected chi connectivity index (χ3v) is 3.52. The van der Waals surface area contributed by atoms with Gasteiger partial charge in [0.2, 0.25) is 5.91 Å². The molecule has 5 heteroatoms. The smallest absolute Gasteiger partial charge is 0.265 e. The van der Waals surface area contributed by atoms with E-state index in [1.807, 2.05) is 31.2 Å². The lowest BCUT2D eigenvalue weighted by Crippen LogP contribution is -2.30. The van der Waals surface area contributed by atoms with Gasteiger partial charge in [-0.1, -0.05) is 25.1 Å². The average molecular weight is 326 g/mol. The van der Waals surface area contributed by atoms with E-state index in [0.29, 0.717) is 23.5 Å². The van der Waals surface area contributed by atoms with E-state index >= 15 is 0 Å². The first-order chi connectivity index (χ1) is 11.5. The molecular formula is C19H22N2O3. The summed E-state index contributed by atoms with van der Waals surface area (Å²) < 4.78 is 5.70. The fourth-order valence-electron chi connectivity index (χ4n) is 2.06. The Labute approximate surface area is 142 Å². The minimum Gasteiger partial charge on any atom is -0.481 e. The van der Waals surface area contributed by atoms with Crippen molar-refractivity contribution in [3.05, 3.63) is 54.1 Å². The minimum atomic E-state index is -0.620. The van der Waals surface area contributed by atoms with Crippen molar-refractivity contribution in [3.8, 4) is 5.75 Å². The Morgan fingerprint density at radius 2 is 1.58 bits per heavy atom. The standard InChI is InChI=1S/C19H22N2O3/c1-4-18(22)20-15-9-11-16(12-10-15)21-19(23)14(3)24-17-8-6-5-7-13(17)2/h5-12,14H,4H2,1-3H3,(H,20,22)(H,21,23)/t14-/m0/s1. The van der Waals surface area contributed by atoms with Crippen molar-refractivity contribution in [2.24, 2.45) is 0 Å². The number of rotatable bonds is 6. The normalized spacial score (nSPS) is 11.5. The van der Waals surface area contributed by atoms with E-state index in [1.54, 1.807) is 38.1 Å². The minimum absolute atomic E-state index is 0.0490. The third kappa shape index (κ3) is 4.84. The predicted octanol–water partition coefficient (Wildman–Crippen LogP) is 3.75. The largest absolute Gasteiger partial charge is 0.481 e. The lowest BCUT2D eigenvalue weighted by molar-refractivity contribution is -0.122. The van der Waals surface area contributed by atoms with E-state index in [1.165, 1.54) is 0 Å². The highest BCUT2D eigenvalue weighted by atomic mass is 16.5. The number of nitrogens with one attached hydrogen (secondary N) is 2. The Balaban J connectivity index is 1.94. The van der Waals surface area contributed by atoms with Gasteiger partial charge in [0.25, 0.3) is 5.91 Å². The van der Waals surface area contributed by atoms with Gasteiger partial charge in [0.1, 0.15) is 5.75 Å². The number of ether oxygens (including phenoxy) is 1. The maximum absolute atomic E-state index is 12.2. The molecule has 5 nitrogen and oxygen atoms in total. The SMILES string of the molecule is CCC(=O)Nc1ccc(NC(=O)[C@H](C)Oc2ccccc2C)cc1. The number of hydrogen-bond acceptors (Lipinski definition) is 3. The van der Waals surface area contributed by atoms with Crippen molar-refractivity contribution >= 4 is 23.2 Å². The summed E-state index contributed by atoms with van der Waals surface area (Å²) in [6.07, 6.45) is -0.197. The molecule has 0 aliphatic heterocycles. The Bertz CT molecular complexity index is 711. The molecule has 0 radical (unpaired) electrons. The molecule has 0 heterocycles. The molecular weight excluding hydrogens is 304 g/mol. The highest BCUT2D eigenvalue weighted by Gasteiger charge is 2.15. The van der Waals surface area contributed by atoms with Crippen LogP contribution in [0, 0.1) is 6.92 Å². The lowest BCUT2D eigenvalue weighted by Gasteiger charge is -2.16. The van der Waals surface area contributed by atoms with Crippen LogP contribution in [0.3, 0.4) is 0 Å². The molecule has 0 aromatic heterocycles. The summed E-state index contributed by atoms with van der Waals surface area (Å²) in [5, 5.41) is 5.56. The fourth-order valence-corrected chi connectivity index (χ4v) is 2.06. The van der Waals surface area contributed by atoms with Gasteiger partial charge >= 0.3 is 0 Å². The van der Waals surface area contributed by atoms with Crippen molar-refractivity contribution in [2.45, 2.75) is 33.3 Å². The zero-order valence-electron chi connectivity index (χ0n) is 14.1. The predicted molar refractivity (Wildman–Crippen MR) is 95.3 cm³/mol. The van der Waals surface area contributed by atoms with E-state index in [-0.39, 0.29) is 11.8 Å². The van der Waals surface area contributed by atoms with Gasteiger partial charge in [-0.05, 0) is 49.7 Å². The van der Waals surface area contributed by atoms with E-state index in [0.717, 1.165) is 5.56 Å². The number of benzene rings is 2. The Morgan fingerprint density at radius 1 is 1.00 bits per heavy atom. The number of carbonyl (C=O) groups excluding carboxylic acids is 2. The van der Waals surface area contributed by atoms with Crippen molar-refractivity contribution in [1.29, 1.82) is 0 Å². The van der Waals surface area contributed by atoms with Crippen LogP contribution in [0.15, 0.2) is 48.5 Å². The molecule has 2 rings (SSSR count). The van der Waals surface area contributed by atoms with Crippen molar-refractivity contribution < 1.29 is 14.3 Å². The second-order valence-corrected chi connectivity index (χ2v) is 5.49. The molecule has 0 aliphatic carbocycles. The highest BCUT2D eigenvalue weighted by molar-refractivity contribution is 5.95. The molecule has 0 unspecified atom stereocenters. The zero-order valence-corrected chi connectivity index (χ0v) is 14.1. The van der Waals surface area contributed by atoms with E-state index < -0.39 is 6.10 Å². The van der Waals surface area contributed by atoms with Gasteiger partial charge in [0, 0.05) is 17.8 Å². The van der Waals surface area contributed by atoms with Crippen LogP contribution in [-0.2, 0) is 9.59 Å². The molecule has 24 heavy (non-hydrogen) atoms. The van der Waals surface area contributed by atoms with Crippen LogP contribution in [0.5, 0.6) is 5.75 Å². The first kappa shape index (κ1) is 17.5. The maximum atomic E-state index is 12.2. The monoisotopic (exact) mass is 326 g/mol. The fraction of sp³-hybridized carbons (Fsp3) is 0.263. The quantitative estimate of drug-likeness (QED) is 0.849. The highest BCUT2D eigenvalue weighted by Crippen LogP contribution is 2.19. The van der Waals surface area contributed by atoms with Gasteiger partial charge in [-0.15, -0.1) is 0 Å². The Morgan fingerprint density at radius 3 is 2.17 bits per heavy atom. The van der Waals surface area contributed by atoms with Crippen molar-refractivity contribution in [2.75, 3.05) is 10.6 Å². The van der Waals surface area contributed by atoms with Gasteiger partial charge in [-0.2, -0.15) is 0 Å². The number of carbonyl (C=O) groups is 2. The lowest BCUT2D eigenvalue weighted by atomic mass is 10.2. The van der Waals surface area contributed by atoms with Gasteiger partial charge in [0.05, 0.1) is 0 Å². The summed E-state index contributed by atoms with van der Waals surface area (Å²) >= 11 is 0. The summed E-state index contributed by atoms with van der Waals surface area (Å²) in [5.74, 6) is 0.411. The molecule has 0 fully saturated rings. The molecule has 0 spiro atoms. The summed E-state index contributed by atoms with van der Waals surface area (Å²) in [5.41, 5.74) is 2.33. The molecule has 0 bridgehead atoms. The van der Waals surface area contributed by atoms with Gasteiger partial charge in [-0.3, -0.25) is 9.59 Å². The first-order valence-corrected chi connectivity index (χ1v) is 7.92. The third-order valence-electron chi connectivity index (χ3n) is 3.52. The number of amides is 2. The van der Waals surface area contributed by atoms with E-state index in [4.69, 9.17) is 4.74 Å². The van der Waals surface area contributed by atoms with Crippen LogP contribution < -0.4 is 15.4 Å². The second kappa shape index (κ2) is 8.15. The summed E-state index contributed by atoms with van der Waals surface area (Å²) in [6, 6.07) is 14.5. The van der Waals surface area contributed by atoms with Crippen LogP contribution in [0.1, 0.15) is 25.8 Å². The van der Waals surface area contributed by atoms with Crippen LogP contribution >= 0.6 is 0 Å². The van der Waals surface area contributed by atoms with Gasteiger partial charge in [0.15, 0.2) is 6.10 Å². The van der Waals surface area contributed by atoms with Crippen LogP contribution in [0.2, 0.25) is 0 Å². The molecule has 2 N–H and O–H groups in total. The van der Waals surface area contributed by atoms with Gasteiger partial charge < -0.3 is 15.4 Å². The molecule has 1 atom stereocenters. The molecule has 0 saturated heterocycles. The summed E-state index contributed by atoms with van der Waals surface area (Å²) in [4.78, 5) is 23.6. The summed E-state index contributed by atoms with van der Waals surface area (Å²) in [6.45, 7) is 5.43. The van der Waals surface area contributed by atoms with Crippen molar-refractivity contribution in [3.63, 3.8) is 0 Å². The Kier molecular flexibility index (Phi) is 5.95. The maximum Gasteiger partial charge on any atom is 0.265 e. The molecule has 0 saturated carbocycles.